The number of nitrogens with zero attached hydrogens (tertiary/aromatic N) is 1. The van der Waals surface area contributed by atoms with Crippen LogP contribution in [0.1, 0.15) is 29.5 Å². The van der Waals surface area contributed by atoms with Crippen LogP contribution in [0.25, 0.3) is 0 Å². The Kier molecular flexibility index (Phi) is 6.92. The summed E-state index contributed by atoms with van der Waals surface area (Å²) in [6.07, 6.45) is 3.45. The zero-order chi connectivity index (χ0) is 12.8. The standard InChI is InChI=1S/C15H23N3.BrH/c1-12-9-13(2)11-14(10-12)5-8-18-15-16-6-3-4-7-17-15;/h9-11H,3-8H2,1-2H3,(H2,16,17,18);1H. The van der Waals surface area contributed by atoms with Gasteiger partial charge in [-0.25, -0.2) is 0 Å². The molecule has 0 saturated carbocycles. The van der Waals surface area contributed by atoms with Crippen molar-refractivity contribution in [3.8, 4) is 0 Å². The fourth-order valence-electron chi connectivity index (χ4n) is 2.35. The van der Waals surface area contributed by atoms with Crippen LogP contribution >= 0.6 is 17.0 Å². The normalized spacial score (nSPS) is 14.7. The fourth-order valence-corrected chi connectivity index (χ4v) is 2.35. The van der Waals surface area contributed by atoms with Gasteiger partial charge in [-0.3, -0.25) is 4.99 Å². The fraction of sp³-hybridized carbons (Fsp3) is 0.533. The Labute approximate surface area is 126 Å². The highest BCUT2D eigenvalue weighted by Gasteiger charge is 2.02. The van der Waals surface area contributed by atoms with Crippen molar-refractivity contribution in [2.45, 2.75) is 33.1 Å². The van der Waals surface area contributed by atoms with E-state index in [2.05, 4.69) is 47.7 Å². The molecular weight excluding hydrogens is 302 g/mol. The number of halogens is 1. The van der Waals surface area contributed by atoms with Crippen molar-refractivity contribution in [2.75, 3.05) is 19.6 Å². The van der Waals surface area contributed by atoms with Crippen molar-refractivity contribution >= 4 is 22.9 Å². The third-order valence-electron chi connectivity index (χ3n) is 3.13. The van der Waals surface area contributed by atoms with Crippen LogP contribution in [-0.2, 0) is 6.42 Å². The first-order valence-electron chi connectivity index (χ1n) is 6.83. The minimum Gasteiger partial charge on any atom is -0.356 e. The molecule has 0 saturated heterocycles. The average molecular weight is 326 g/mol. The quantitative estimate of drug-likeness (QED) is 0.896. The number of rotatable bonds is 3. The molecule has 0 fully saturated rings. The first kappa shape index (κ1) is 16.0. The Morgan fingerprint density at radius 3 is 2.63 bits per heavy atom. The molecule has 0 unspecified atom stereocenters. The lowest BCUT2D eigenvalue weighted by molar-refractivity contribution is 0.741. The highest BCUT2D eigenvalue weighted by atomic mass is 79.9. The third kappa shape index (κ3) is 5.64. The molecular formula is C15H24BrN3. The molecule has 0 radical (unpaired) electrons. The summed E-state index contributed by atoms with van der Waals surface area (Å²) in [7, 11) is 0. The van der Waals surface area contributed by atoms with Crippen LogP contribution in [0.5, 0.6) is 0 Å². The number of hydrogen-bond donors (Lipinski definition) is 2. The number of aliphatic imine (C=N–C) groups is 1. The van der Waals surface area contributed by atoms with E-state index in [1.54, 1.807) is 0 Å². The smallest absolute Gasteiger partial charge is 0.191 e. The molecule has 0 aliphatic carbocycles. The maximum Gasteiger partial charge on any atom is 0.191 e. The topological polar surface area (TPSA) is 36.4 Å². The summed E-state index contributed by atoms with van der Waals surface area (Å²) >= 11 is 0. The molecule has 3 nitrogen and oxygen atoms in total. The second-order valence-corrected chi connectivity index (χ2v) is 5.04. The number of benzene rings is 1. The van der Waals surface area contributed by atoms with Gasteiger partial charge in [-0.05, 0) is 38.7 Å². The zero-order valence-corrected chi connectivity index (χ0v) is 13.5. The summed E-state index contributed by atoms with van der Waals surface area (Å²) in [6.45, 7) is 7.23. The molecule has 19 heavy (non-hydrogen) atoms. The van der Waals surface area contributed by atoms with E-state index in [1.165, 1.54) is 29.5 Å². The van der Waals surface area contributed by atoms with Crippen molar-refractivity contribution in [3.05, 3.63) is 34.9 Å². The summed E-state index contributed by atoms with van der Waals surface area (Å²) in [4.78, 5) is 4.48. The Balaban J connectivity index is 0.00000180. The second-order valence-electron chi connectivity index (χ2n) is 5.04. The Morgan fingerprint density at radius 1 is 1.16 bits per heavy atom. The minimum absolute atomic E-state index is 0. The predicted octanol–water partition coefficient (Wildman–Crippen LogP) is 2.75. The summed E-state index contributed by atoms with van der Waals surface area (Å²) in [6, 6.07) is 6.74. The maximum atomic E-state index is 4.48. The first-order valence-corrected chi connectivity index (χ1v) is 6.83. The third-order valence-corrected chi connectivity index (χ3v) is 3.13. The molecule has 4 heteroatoms. The van der Waals surface area contributed by atoms with Gasteiger partial charge in [0, 0.05) is 19.6 Å². The van der Waals surface area contributed by atoms with E-state index in [1.807, 2.05) is 0 Å². The number of aryl methyl sites for hydroxylation is 2. The van der Waals surface area contributed by atoms with E-state index >= 15 is 0 Å². The molecule has 1 aromatic carbocycles. The molecule has 0 bridgehead atoms. The van der Waals surface area contributed by atoms with Gasteiger partial charge in [0.15, 0.2) is 5.96 Å². The van der Waals surface area contributed by atoms with E-state index in [0.29, 0.717) is 0 Å². The monoisotopic (exact) mass is 325 g/mol. The number of hydrogen-bond acceptors (Lipinski definition) is 3. The van der Waals surface area contributed by atoms with Crippen LogP contribution in [0, 0.1) is 13.8 Å². The molecule has 2 N–H and O–H groups in total. The van der Waals surface area contributed by atoms with E-state index in [0.717, 1.165) is 32.0 Å². The largest absolute Gasteiger partial charge is 0.356 e. The van der Waals surface area contributed by atoms with Crippen LogP contribution in [0.15, 0.2) is 23.2 Å². The molecule has 0 atom stereocenters. The van der Waals surface area contributed by atoms with Gasteiger partial charge in [0.05, 0.1) is 0 Å². The number of guanidine groups is 1. The lowest BCUT2D eigenvalue weighted by Gasteiger charge is -2.10. The van der Waals surface area contributed by atoms with Gasteiger partial charge in [0.2, 0.25) is 0 Å². The van der Waals surface area contributed by atoms with Crippen molar-refractivity contribution < 1.29 is 0 Å². The summed E-state index contributed by atoms with van der Waals surface area (Å²) < 4.78 is 0. The van der Waals surface area contributed by atoms with E-state index in [4.69, 9.17) is 0 Å². The highest BCUT2D eigenvalue weighted by molar-refractivity contribution is 8.93. The molecule has 1 aliphatic heterocycles. The van der Waals surface area contributed by atoms with Gasteiger partial charge >= 0.3 is 0 Å². The van der Waals surface area contributed by atoms with E-state index < -0.39 is 0 Å². The van der Waals surface area contributed by atoms with Crippen LogP contribution in [-0.4, -0.2) is 25.6 Å². The predicted molar refractivity (Wildman–Crippen MR) is 87.5 cm³/mol. The SMILES string of the molecule is Br.Cc1cc(C)cc(CCNC2=NCCCCN2)c1. The van der Waals surface area contributed by atoms with Gasteiger partial charge < -0.3 is 10.6 Å². The molecule has 0 amide bonds. The molecule has 0 spiro atoms. The first-order chi connectivity index (χ1) is 8.74. The van der Waals surface area contributed by atoms with Crippen LogP contribution in [0.2, 0.25) is 0 Å². The Hall–Kier alpha value is -1.03. The number of nitrogens with one attached hydrogen (secondary N) is 2. The average Bonchev–Trinajstić information content (AvgIpc) is 2.56. The van der Waals surface area contributed by atoms with Gasteiger partial charge in [0.1, 0.15) is 0 Å². The van der Waals surface area contributed by atoms with Crippen molar-refractivity contribution in [2.24, 2.45) is 4.99 Å². The Bertz CT molecular complexity index is 409. The second kappa shape index (κ2) is 8.20. The van der Waals surface area contributed by atoms with Crippen molar-refractivity contribution in [3.63, 3.8) is 0 Å². The lowest BCUT2D eigenvalue weighted by Crippen LogP contribution is -2.38. The van der Waals surface area contributed by atoms with Gasteiger partial charge in [-0.2, -0.15) is 0 Å². The maximum absolute atomic E-state index is 4.48. The molecule has 1 aromatic rings. The van der Waals surface area contributed by atoms with E-state index in [-0.39, 0.29) is 17.0 Å². The van der Waals surface area contributed by atoms with Crippen LogP contribution in [0.4, 0.5) is 0 Å². The van der Waals surface area contributed by atoms with E-state index in [9.17, 15) is 0 Å². The molecule has 2 rings (SSSR count). The van der Waals surface area contributed by atoms with Crippen LogP contribution < -0.4 is 10.6 Å². The zero-order valence-electron chi connectivity index (χ0n) is 11.8. The molecule has 1 heterocycles. The van der Waals surface area contributed by atoms with Gasteiger partial charge in [-0.15, -0.1) is 17.0 Å². The summed E-state index contributed by atoms with van der Waals surface area (Å²) in [5, 5.41) is 6.72. The van der Waals surface area contributed by atoms with Crippen LogP contribution in [0.3, 0.4) is 0 Å². The molecule has 1 aliphatic rings. The summed E-state index contributed by atoms with van der Waals surface area (Å²) in [5.41, 5.74) is 4.08. The summed E-state index contributed by atoms with van der Waals surface area (Å²) in [5.74, 6) is 0.969. The van der Waals surface area contributed by atoms with Crippen molar-refractivity contribution in [1.82, 2.24) is 10.6 Å². The van der Waals surface area contributed by atoms with Gasteiger partial charge in [0.25, 0.3) is 0 Å². The Morgan fingerprint density at radius 2 is 1.89 bits per heavy atom. The lowest BCUT2D eigenvalue weighted by atomic mass is 10.1. The molecule has 106 valence electrons. The molecule has 0 aromatic heterocycles. The van der Waals surface area contributed by atoms with Crippen molar-refractivity contribution in [1.29, 1.82) is 0 Å². The highest BCUT2D eigenvalue weighted by Crippen LogP contribution is 2.08. The van der Waals surface area contributed by atoms with Gasteiger partial charge in [-0.1, -0.05) is 29.3 Å². The minimum atomic E-state index is 0.